The number of nitrogens with zero attached hydrogens (tertiary/aromatic N) is 4. The van der Waals surface area contributed by atoms with Crippen molar-refractivity contribution in [3.8, 4) is 0 Å². The van der Waals surface area contributed by atoms with Crippen LogP contribution in [0.5, 0.6) is 0 Å². The molecule has 6 amide bonds. The Balaban J connectivity index is 1.28. The van der Waals surface area contributed by atoms with Crippen molar-refractivity contribution in [3.05, 3.63) is 59.1 Å². The second-order valence-electron chi connectivity index (χ2n) is 15.9. The Morgan fingerprint density at radius 1 is 0.922 bits per heavy atom. The lowest BCUT2D eigenvalue weighted by atomic mass is 10.0. The Labute approximate surface area is 379 Å². The zero-order valence-corrected chi connectivity index (χ0v) is 37.7. The number of hydrogen-bond acceptors (Lipinski definition) is 14. The number of unbranched alkanes of at least 4 members (excludes halogenated alkanes) is 2. The van der Waals surface area contributed by atoms with Gasteiger partial charge in [0, 0.05) is 24.4 Å². The van der Waals surface area contributed by atoms with Crippen LogP contribution in [0.1, 0.15) is 74.8 Å². The van der Waals surface area contributed by atoms with Gasteiger partial charge in [-0.1, -0.05) is 30.3 Å². The summed E-state index contributed by atoms with van der Waals surface area (Å²) in [5, 5.41) is 21.7. The molecule has 19 nitrogen and oxygen atoms in total. The van der Waals surface area contributed by atoms with Gasteiger partial charge in [0.25, 0.3) is 0 Å². The predicted molar refractivity (Wildman–Crippen MR) is 245 cm³/mol. The number of benzene rings is 2. The summed E-state index contributed by atoms with van der Waals surface area (Å²) in [7, 11) is 3.87. The second kappa shape index (κ2) is 24.4. The molecule has 0 bridgehead atoms. The molecule has 1 saturated heterocycles. The van der Waals surface area contributed by atoms with Crippen molar-refractivity contribution in [1.29, 1.82) is 0 Å². The van der Waals surface area contributed by atoms with E-state index in [1.807, 2.05) is 25.1 Å². The summed E-state index contributed by atoms with van der Waals surface area (Å²) in [5.41, 5.74) is 13.0. The first kappa shape index (κ1) is 49.4. The van der Waals surface area contributed by atoms with Crippen molar-refractivity contribution in [2.75, 3.05) is 44.8 Å². The number of hydrogen-bond donors (Lipinski definition) is 7. The first-order chi connectivity index (χ1) is 30.7. The molecule has 5 rings (SSSR count). The van der Waals surface area contributed by atoms with Crippen molar-refractivity contribution >= 4 is 85.6 Å². The van der Waals surface area contributed by atoms with Crippen molar-refractivity contribution < 1.29 is 43.4 Å². The van der Waals surface area contributed by atoms with Crippen LogP contribution in [0.2, 0.25) is 0 Å². The number of aliphatic carboxylic acids is 1. The molecule has 2 aliphatic heterocycles. The van der Waals surface area contributed by atoms with Crippen LogP contribution in [0.25, 0.3) is 10.2 Å². The first-order valence-electron chi connectivity index (χ1n) is 21.4. The van der Waals surface area contributed by atoms with E-state index in [4.69, 9.17) is 16.2 Å². The number of rotatable bonds is 24. The van der Waals surface area contributed by atoms with Crippen molar-refractivity contribution in [1.82, 2.24) is 30.7 Å². The van der Waals surface area contributed by atoms with E-state index in [1.54, 1.807) is 42.5 Å². The van der Waals surface area contributed by atoms with E-state index in [0.29, 0.717) is 65.7 Å². The number of alkyl carbamates (subject to hydrolysis) is 1. The van der Waals surface area contributed by atoms with Crippen LogP contribution in [-0.4, -0.2) is 136 Å². The van der Waals surface area contributed by atoms with Gasteiger partial charge in [0.2, 0.25) is 29.5 Å². The van der Waals surface area contributed by atoms with Crippen LogP contribution in [0.15, 0.2) is 53.5 Å². The highest BCUT2D eigenvalue weighted by atomic mass is 32.2. The summed E-state index contributed by atoms with van der Waals surface area (Å²) >= 11 is 2.65. The van der Waals surface area contributed by atoms with Crippen LogP contribution in [0, 0.1) is 0 Å². The predicted octanol–water partition coefficient (Wildman–Crippen LogP) is 2.56. The Morgan fingerprint density at radius 3 is 2.34 bits per heavy atom. The van der Waals surface area contributed by atoms with E-state index >= 15 is 0 Å². The minimum atomic E-state index is -1.21. The van der Waals surface area contributed by atoms with Crippen molar-refractivity contribution in [3.63, 3.8) is 0 Å². The van der Waals surface area contributed by atoms with Gasteiger partial charge in [-0.2, -0.15) is 0 Å². The Hall–Kier alpha value is -5.64. The van der Waals surface area contributed by atoms with Crippen molar-refractivity contribution in [2.45, 2.75) is 101 Å². The number of nitrogens with two attached hydrogens (primary N) is 2. The molecule has 346 valence electrons. The molecule has 5 atom stereocenters. The fraction of sp³-hybridized carbons (Fsp3) is 0.512. The van der Waals surface area contributed by atoms with Gasteiger partial charge in [-0.25, -0.2) is 14.6 Å². The average molecular weight is 923 g/mol. The van der Waals surface area contributed by atoms with E-state index in [9.17, 15) is 38.7 Å². The van der Waals surface area contributed by atoms with Gasteiger partial charge in [0.05, 0.1) is 10.2 Å². The maximum absolute atomic E-state index is 14.2. The smallest absolute Gasteiger partial charge is 0.408 e. The number of primary amides is 1. The van der Waals surface area contributed by atoms with Crippen LogP contribution >= 0.6 is 23.1 Å². The molecular weight excluding hydrogens is 865 g/mol. The van der Waals surface area contributed by atoms with Gasteiger partial charge in [0.15, 0.2) is 6.04 Å². The third kappa shape index (κ3) is 14.7. The second-order valence-corrected chi connectivity index (χ2v) is 18.0. The van der Waals surface area contributed by atoms with Crippen molar-refractivity contribution in [2.24, 2.45) is 16.5 Å². The van der Waals surface area contributed by atoms with E-state index in [-0.39, 0.29) is 38.8 Å². The molecule has 1 fully saturated rings. The lowest BCUT2D eigenvalue weighted by Crippen LogP contribution is -2.57. The third-order valence-electron chi connectivity index (χ3n) is 10.7. The fourth-order valence-corrected chi connectivity index (χ4v) is 9.34. The number of fused-ring (bicyclic) bond motifs is 1. The summed E-state index contributed by atoms with van der Waals surface area (Å²) in [5.74, 6) is -3.55. The summed E-state index contributed by atoms with van der Waals surface area (Å²) in [6.07, 6.45) is 2.51. The quantitative estimate of drug-likeness (QED) is 0.0638. The normalized spacial score (nSPS) is 17.3. The van der Waals surface area contributed by atoms with Crippen LogP contribution in [-0.2, 0) is 40.1 Å². The molecule has 21 heteroatoms. The average Bonchev–Trinajstić information content (AvgIpc) is 4.06. The summed E-state index contributed by atoms with van der Waals surface area (Å²) in [6, 6.07) is 9.08. The highest BCUT2D eigenvalue weighted by molar-refractivity contribution is 8.15. The third-order valence-corrected chi connectivity index (χ3v) is 12.9. The number of amides is 6. The van der Waals surface area contributed by atoms with Gasteiger partial charge in [-0.05, 0) is 109 Å². The molecule has 3 heterocycles. The molecule has 3 aromatic rings. The first-order valence-corrected chi connectivity index (χ1v) is 23.2. The minimum absolute atomic E-state index is 0.0513. The van der Waals surface area contributed by atoms with Gasteiger partial charge in [-0.15, -0.1) is 23.1 Å². The number of thioether (sulfide) groups is 1. The summed E-state index contributed by atoms with van der Waals surface area (Å²) in [6.45, 7) is 1.27. The van der Waals surface area contributed by atoms with Gasteiger partial charge in [-0.3, -0.25) is 29.0 Å². The number of anilines is 1. The lowest BCUT2D eigenvalue weighted by Gasteiger charge is -2.30. The molecule has 0 saturated carbocycles. The van der Waals surface area contributed by atoms with Crippen LogP contribution in [0.3, 0.4) is 0 Å². The number of carboxylic acid groups (broad SMARTS) is 1. The molecule has 0 spiro atoms. The number of likely N-dealkylation sites (tertiary alicyclic amines) is 1. The molecule has 0 aliphatic carbocycles. The molecule has 1 aromatic heterocycles. The standard InChI is InChI=1S/C43H58N10O9S2/c1-52(2)21-9-7-14-30(48-38(57)33-15-10-22-53(33)41(58)31(18-19-35(45)54)51-43(61)62-24-26-11-4-3-5-12-26)37(56)47-29(13-6-8-20-44)36(55)46-27-16-17-28-34(23-27)64-40(49-28)39-50-32(25-63-39)42(59)60/h3-5,11-12,16-17,23,29-33H,6-10,13-15,18-22,24-25,44H2,1-2H3,(H2,45,54)(H,46,55)(H,47,56)(H,48,57)(H,51,61)(H,59,60)/t29-,30-,31-,32+,33-/m0/s1. The Bertz CT molecular complexity index is 2150. The zero-order chi connectivity index (χ0) is 46.2. The number of nitrogens with one attached hydrogen (secondary N) is 4. The molecule has 0 radical (unpaired) electrons. The van der Waals surface area contributed by atoms with Gasteiger partial charge < -0.3 is 52.4 Å². The minimum Gasteiger partial charge on any atom is -0.480 e. The molecular formula is C43H58N10O9S2. The van der Waals surface area contributed by atoms with E-state index in [0.717, 1.165) is 23.2 Å². The SMILES string of the molecule is CN(C)CCCC[C@H](NC(=O)[C@@H]1CCCN1C(=O)[C@H](CCC(N)=O)NC(=O)OCc1ccccc1)C(=O)N[C@@H](CCCCN)C(=O)Nc1ccc2nc(C3=N[C@@H](C(=O)O)CS3)sc2c1. The number of thiazole rings is 1. The number of ether oxygens (including phenoxy) is 1. The largest absolute Gasteiger partial charge is 0.480 e. The van der Waals surface area contributed by atoms with E-state index in [1.165, 1.54) is 28.0 Å². The number of aromatic nitrogens is 1. The molecule has 9 N–H and O–H groups in total. The molecule has 2 aliphatic rings. The Morgan fingerprint density at radius 2 is 1.66 bits per heavy atom. The summed E-state index contributed by atoms with van der Waals surface area (Å²) < 4.78 is 6.08. The monoisotopic (exact) mass is 922 g/mol. The van der Waals surface area contributed by atoms with E-state index in [2.05, 4.69) is 31.2 Å². The number of carbonyl (C=O) groups is 7. The van der Waals surface area contributed by atoms with Crippen LogP contribution < -0.4 is 32.7 Å². The highest BCUT2D eigenvalue weighted by Gasteiger charge is 2.39. The van der Waals surface area contributed by atoms with Gasteiger partial charge >= 0.3 is 12.1 Å². The zero-order valence-electron chi connectivity index (χ0n) is 36.1. The molecule has 0 unspecified atom stereocenters. The topological polar surface area (TPSA) is 281 Å². The lowest BCUT2D eigenvalue weighted by molar-refractivity contribution is -0.141. The molecule has 2 aromatic carbocycles. The molecule has 64 heavy (non-hydrogen) atoms. The number of carboxylic acids is 1. The number of carbonyl (C=O) groups excluding carboxylic acids is 6. The number of aliphatic imine (C=N–C) groups is 1. The van der Waals surface area contributed by atoms with Crippen LogP contribution in [0.4, 0.5) is 10.5 Å². The van der Waals surface area contributed by atoms with Gasteiger partial charge in [0.1, 0.15) is 40.8 Å². The highest BCUT2D eigenvalue weighted by Crippen LogP contribution is 2.31. The fourth-order valence-electron chi connectivity index (χ4n) is 7.24. The van der Waals surface area contributed by atoms with E-state index < -0.39 is 71.8 Å². The maximum Gasteiger partial charge on any atom is 0.408 e. The summed E-state index contributed by atoms with van der Waals surface area (Å²) in [4.78, 5) is 104. The maximum atomic E-state index is 14.2. The Kier molecular flexibility index (Phi) is 18.8.